The molecule has 18 heavy (non-hydrogen) atoms. The lowest BCUT2D eigenvalue weighted by molar-refractivity contribution is -0.433. The molecule has 0 unspecified atom stereocenters. The number of nitrogens with zero attached hydrogens (tertiary/aromatic N) is 2. The Morgan fingerprint density at radius 1 is 1.00 bits per heavy atom. The molecule has 0 saturated heterocycles. The van der Waals surface area contributed by atoms with E-state index in [0.717, 1.165) is 0 Å². The molecule has 0 spiro atoms. The van der Waals surface area contributed by atoms with Crippen molar-refractivity contribution in [2.24, 2.45) is 0 Å². The number of aromatic hydroxyl groups is 2. The highest BCUT2D eigenvalue weighted by Gasteiger charge is 2.23. The Hall–Kier alpha value is -2.76. The molecule has 0 aliphatic heterocycles. The van der Waals surface area contributed by atoms with E-state index in [2.05, 4.69) is 0 Å². The van der Waals surface area contributed by atoms with Gasteiger partial charge in [0.25, 0.3) is 5.52 Å². The van der Waals surface area contributed by atoms with E-state index in [1.54, 1.807) is 0 Å². The second-order valence-corrected chi connectivity index (χ2v) is 3.90. The van der Waals surface area contributed by atoms with Gasteiger partial charge in [0.15, 0.2) is 16.8 Å². The maximum atomic E-state index is 12.1. The van der Waals surface area contributed by atoms with Crippen LogP contribution in [-0.2, 0) is 0 Å². The zero-order valence-electron chi connectivity index (χ0n) is 9.11. The van der Waals surface area contributed by atoms with Crippen molar-refractivity contribution in [1.82, 2.24) is 4.73 Å². The lowest BCUT2D eigenvalue weighted by atomic mass is 10.2. The number of hydrogen-bond donors (Lipinski definition) is 3. The van der Waals surface area contributed by atoms with Gasteiger partial charge in [-0.25, -0.2) is 0 Å². The number of fused-ring (bicyclic) bond motifs is 2. The van der Waals surface area contributed by atoms with Crippen LogP contribution in [0.2, 0.25) is 0 Å². The molecule has 0 fully saturated rings. The van der Waals surface area contributed by atoms with Crippen LogP contribution in [0.25, 0.3) is 22.1 Å². The van der Waals surface area contributed by atoms with Crippen LogP contribution in [0.5, 0.6) is 11.5 Å². The van der Waals surface area contributed by atoms with Gasteiger partial charge in [0.2, 0.25) is 0 Å². The molecule has 6 nitrogen and oxygen atoms in total. The summed E-state index contributed by atoms with van der Waals surface area (Å²) in [6, 6.07) is 8.61. The topological polar surface area (TPSA) is 88.6 Å². The van der Waals surface area contributed by atoms with E-state index >= 15 is 0 Å². The third-order valence-corrected chi connectivity index (χ3v) is 2.85. The maximum Gasteiger partial charge on any atom is 0.331 e. The molecule has 0 bridgehead atoms. The normalized spacial score (nSPS) is 11.1. The van der Waals surface area contributed by atoms with Gasteiger partial charge in [0.1, 0.15) is 5.75 Å². The molecule has 1 heterocycles. The van der Waals surface area contributed by atoms with E-state index in [4.69, 9.17) is 0 Å². The fourth-order valence-corrected chi connectivity index (χ4v) is 2.04. The third-order valence-electron chi connectivity index (χ3n) is 2.85. The van der Waals surface area contributed by atoms with Crippen LogP contribution in [0.4, 0.5) is 0 Å². The Labute approximate surface area is 100 Å². The highest BCUT2D eigenvalue weighted by atomic mass is 16.5. The maximum absolute atomic E-state index is 12.1. The number of phenols is 2. The smallest absolute Gasteiger partial charge is 0.331 e. The van der Waals surface area contributed by atoms with Gasteiger partial charge in [-0.1, -0.05) is 12.1 Å². The van der Waals surface area contributed by atoms with Crippen molar-refractivity contribution in [3.63, 3.8) is 0 Å². The molecule has 0 aliphatic rings. The van der Waals surface area contributed by atoms with Crippen molar-refractivity contribution in [1.29, 1.82) is 0 Å². The molecule has 90 valence electrons. The average molecular weight is 245 g/mol. The highest BCUT2D eigenvalue weighted by molar-refractivity contribution is 5.88. The van der Waals surface area contributed by atoms with Crippen molar-refractivity contribution < 1.29 is 19.8 Å². The molecule has 0 aliphatic carbocycles. The van der Waals surface area contributed by atoms with Crippen LogP contribution in [0, 0.1) is 4.91 Å². The van der Waals surface area contributed by atoms with Gasteiger partial charge in [-0.2, -0.15) is 4.73 Å². The van der Waals surface area contributed by atoms with Crippen LogP contribution < -0.4 is 4.43 Å². The second kappa shape index (κ2) is 3.36. The van der Waals surface area contributed by atoms with Crippen molar-refractivity contribution >= 4 is 22.1 Å². The van der Waals surface area contributed by atoms with Crippen LogP contribution in [-0.4, -0.2) is 20.2 Å². The summed E-state index contributed by atoms with van der Waals surface area (Å²) < 4.78 is 1.17. The number of phenolic OH excluding ortho intramolecular Hbond substituents is 2. The summed E-state index contributed by atoms with van der Waals surface area (Å²) in [4.78, 5) is 12.1. The first-order chi connectivity index (χ1) is 8.61. The van der Waals surface area contributed by atoms with E-state index < -0.39 is 0 Å². The molecular formula is C12H9N2O4+. The number of hydrogen-bond acceptors (Lipinski definition) is 4. The van der Waals surface area contributed by atoms with Gasteiger partial charge >= 0.3 is 5.52 Å². The monoisotopic (exact) mass is 245 g/mol. The van der Waals surface area contributed by atoms with Gasteiger partial charge in [-0.05, 0) is 18.2 Å². The predicted octanol–water partition coefficient (Wildman–Crippen LogP) is 1.36. The minimum atomic E-state index is -0.240. The standard InChI is InChI=1S/C12H8N2O4/c15-9-5-1-3-7-11(9)14(18)8-4-2-6-10(16)12(8)13(7)17/h1-6,17H,(H-,15,16,18)/p+1. The number of benzene rings is 2. The molecule has 0 radical (unpaired) electrons. The number of rotatable bonds is 0. The lowest BCUT2D eigenvalue weighted by Crippen LogP contribution is -2.20. The van der Waals surface area contributed by atoms with Gasteiger partial charge in [0, 0.05) is 11.0 Å². The van der Waals surface area contributed by atoms with Gasteiger partial charge in [-0.3, -0.25) is 0 Å². The largest absolute Gasteiger partial charge is 0.505 e. The predicted molar refractivity (Wildman–Crippen MR) is 63.3 cm³/mol. The quantitative estimate of drug-likeness (QED) is 0.317. The zero-order valence-corrected chi connectivity index (χ0v) is 9.11. The second-order valence-electron chi connectivity index (χ2n) is 3.90. The third kappa shape index (κ3) is 1.17. The molecule has 3 rings (SSSR count). The first-order valence-corrected chi connectivity index (χ1v) is 5.21. The fraction of sp³-hybridized carbons (Fsp3) is 0. The summed E-state index contributed by atoms with van der Waals surface area (Å²) >= 11 is 0. The summed E-state index contributed by atoms with van der Waals surface area (Å²) in [6.45, 7) is 0. The molecule has 0 saturated carbocycles. The Morgan fingerprint density at radius 3 is 2.44 bits per heavy atom. The minimum Gasteiger partial charge on any atom is -0.505 e. The van der Waals surface area contributed by atoms with Gasteiger partial charge < -0.3 is 15.4 Å². The highest BCUT2D eigenvalue weighted by Crippen LogP contribution is 2.27. The number of para-hydroxylation sites is 2. The molecule has 3 aromatic rings. The van der Waals surface area contributed by atoms with Gasteiger partial charge in [-0.15, -0.1) is 0 Å². The van der Waals surface area contributed by atoms with E-state index in [1.807, 2.05) is 0 Å². The van der Waals surface area contributed by atoms with Crippen molar-refractivity contribution in [3.05, 3.63) is 41.3 Å². The Kier molecular flexibility index (Phi) is 1.94. The van der Waals surface area contributed by atoms with E-state index in [0.29, 0.717) is 9.16 Å². The first kappa shape index (κ1) is 10.4. The van der Waals surface area contributed by atoms with Crippen molar-refractivity contribution in [2.75, 3.05) is 0 Å². The van der Waals surface area contributed by atoms with E-state index in [1.165, 1.54) is 36.4 Å². The summed E-state index contributed by atoms with van der Waals surface area (Å²) in [5.74, 6) is -0.458. The Bertz CT molecular complexity index is 839. The summed E-state index contributed by atoms with van der Waals surface area (Å²) in [5, 5.41) is 29.4. The molecule has 2 aromatic carbocycles. The van der Waals surface area contributed by atoms with E-state index in [9.17, 15) is 20.3 Å². The van der Waals surface area contributed by atoms with Crippen molar-refractivity contribution in [2.45, 2.75) is 0 Å². The molecule has 1 aromatic heterocycles. The van der Waals surface area contributed by atoms with Crippen LogP contribution in [0.3, 0.4) is 0 Å². The SMILES string of the molecule is O=[n+]1c2cccc(O)c2n(O)c2cccc(O)c21. The molecule has 0 atom stereocenters. The minimum absolute atomic E-state index is 0.00870. The number of aromatic nitrogens is 2. The van der Waals surface area contributed by atoms with Crippen LogP contribution in [0.15, 0.2) is 36.4 Å². The molecule has 6 heteroatoms. The average Bonchev–Trinajstić information content (AvgIpc) is 2.35. The first-order valence-electron chi connectivity index (χ1n) is 5.21. The zero-order chi connectivity index (χ0) is 12.9. The Balaban J connectivity index is 2.76. The Morgan fingerprint density at radius 2 is 1.67 bits per heavy atom. The fourth-order valence-electron chi connectivity index (χ4n) is 2.04. The molecule has 3 N–H and O–H groups in total. The summed E-state index contributed by atoms with van der Waals surface area (Å²) in [6.07, 6.45) is 0. The van der Waals surface area contributed by atoms with Crippen LogP contribution >= 0.6 is 0 Å². The van der Waals surface area contributed by atoms with Gasteiger partial charge in [0.05, 0.1) is 4.43 Å². The molecule has 0 amide bonds. The van der Waals surface area contributed by atoms with E-state index in [-0.39, 0.29) is 33.6 Å². The lowest BCUT2D eigenvalue weighted by Gasteiger charge is -2.04. The molecular weight excluding hydrogens is 236 g/mol. The summed E-state index contributed by atoms with van der Waals surface area (Å²) in [5.41, 5.74) is 0.106. The summed E-state index contributed by atoms with van der Waals surface area (Å²) in [7, 11) is 0. The van der Waals surface area contributed by atoms with Crippen molar-refractivity contribution in [3.8, 4) is 11.5 Å². The van der Waals surface area contributed by atoms with Crippen LogP contribution in [0.1, 0.15) is 0 Å².